The number of rotatable bonds is 4. The van der Waals surface area contributed by atoms with Crippen LogP contribution in [0.25, 0.3) is 0 Å². The van der Waals surface area contributed by atoms with Crippen molar-refractivity contribution in [2.24, 2.45) is 5.92 Å². The van der Waals surface area contributed by atoms with Crippen LogP contribution in [0.2, 0.25) is 0 Å². The minimum absolute atomic E-state index is 0.0524. The van der Waals surface area contributed by atoms with E-state index in [1.807, 2.05) is 0 Å². The van der Waals surface area contributed by atoms with Gasteiger partial charge in [0.1, 0.15) is 5.82 Å². The number of halogens is 3. The second-order valence-electron chi connectivity index (χ2n) is 3.61. The number of aliphatic carboxylic acids is 1. The molecule has 0 fully saturated rings. The average molecular weight is 309 g/mol. The van der Waals surface area contributed by atoms with Crippen LogP contribution in [-0.2, 0) is 11.2 Å². The summed E-state index contributed by atoms with van der Waals surface area (Å²) >= 11 is 2.87. The average Bonchev–Trinajstić information content (AvgIpc) is 2.25. The molecule has 17 heavy (non-hydrogen) atoms. The largest absolute Gasteiger partial charge is 0.493 e. The third kappa shape index (κ3) is 2.94. The van der Waals surface area contributed by atoms with Crippen molar-refractivity contribution in [3.05, 3.63) is 27.7 Å². The van der Waals surface area contributed by atoms with Gasteiger partial charge >= 0.3 is 5.97 Å². The Kier molecular flexibility index (Phi) is 4.45. The molecule has 0 aliphatic carbocycles. The molecule has 0 heterocycles. The molecule has 0 aromatic heterocycles. The molecule has 0 saturated carbocycles. The second-order valence-corrected chi connectivity index (χ2v) is 4.46. The first-order valence-electron chi connectivity index (χ1n) is 4.81. The topological polar surface area (TPSA) is 46.5 Å². The maximum atomic E-state index is 13.8. The quantitative estimate of drug-likeness (QED) is 0.870. The lowest BCUT2D eigenvalue weighted by molar-refractivity contribution is -0.141. The van der Waals surface area contributed by atoms with Crippen molar-refractivity contribution in [3.8, 4) is 5.75 Å². The van der Waals surface area contributed by atoms with Gasteiger partial charge in [-0.05, 0) is 28.4 Å². The van der Waals surface area contributed by atoms with Gasteiger partial charge in [-0.15, -0.1) is 0 Å². The van der Waals surface area contributed by atoms with Crippen LogP contribution in [0.1, 0.15) is 12.5 Å². The molecule has 6 heteroatoms. The second kappa shape index (κ2) is 5.44. The van der Waals surface area contributed by atoms with Crippen molar-refractivity contribution in [1.29, 1.82) is 0 Å². The Labute approximate surface area is 106 Å². The molecule has 1 N–H and O–H groups in total. The maximum Gasteiger partial charge on any atom is 0.306 e. The third-order valence-corrected chi connectivity index (χ3v) is 2.93. The van der Waals surface area contributed by atoms with Crippen molar-refractivity contribution in [1.82, 2.24) is 0 Å². The van der Waals surface area contributed by atoms with Crippen LogP contribution in [0.3, 0.4) is 0 Å². The summed E-state index contributed by atoms with van der Waals surface area (Å²) in [5, 5.41) is 8.77. The fraction of sp³-hybridized carbons (Fsp3) is 0.364. The molecule has 1 rings (SSSR count). The lowest BCUT2D eigenvalue weighted by atomic mass is 10.00. The van der Waals surface area contributed by atoms with Crippen LogP contribution in [0.4, 0.5) is 8.78 Å². The summed E-state index contributed by atoms with van der Waals surface area (Å²) in [5.41, 5.74) is -0.0747. The molecule has 1 aromatic carbocycles. The summed E-state index contributed by atoms with van der Waals surface area (Å²) in [6, 6.07) is 0.948. The van der Waals surface area contributed by atoms with Crippen molar-refractivity contribution < 1.29 is 23.4 Å². The van der Waals surface area contributed by atoms with Crippen LogP contribution < -0.4 is 4.74 Å². The van der Waals surface area contributed by atoms with E-state index in [0.29, 0.717) is 0 Å². The highest BCUT2D eigenvalue weighted by atomic mass is 79.9. The van der Waals surface area contributed by atoms with Gasteiger partial charge in [0.2, 0.25) is 0 Å². The van der Waals surface area contributed by atoms with Gasteiger partial charge in [0, 0.05) is 5.56 Å². The molecular weight excluding hydrogens is 298 g/mol. The molecule has 3 nitrogen and oxygen atoms in total. The Morgan fingerprint density at radius 1 is 1.59 bits per heavy atom. The van der Waals surface area contributed by atoms with Crippen molar-refractivity contribution in [2.45, 2.75) is 13.3 Å². The van der Waals surface area contributed by atoms with Gasteiger partial charge in [-0.3, -0.25) is 4.79 Å². The number of hydrogen-bond acceptors (Lipinski definition) is 2. The highest BCUT2D eigenvalue weighted by Crippen LogP contribution is 2.32. The molecular formula is C11H11BrF2O3. The van der Waals surface area contributed by atoms with Crippen molar-refractivity contribution in [2.75, 3.05) is 7.11 Å². The van der Waals surface area contributed by atoms with Gasteiger partial charge in [0.25, 0.3) is 0 Å². The van der Waals surface area contributed by atoms with E-state index in [-0.39, 0.29) is 22.2 Å². The lowest BCUT2D eigenvalue weighted by Gasteiger charge is -2.13. The summed E-state index contributed by atoms with van der Waals surface area (Å²) in [4.78, 5) is 10.7. The summed E-state index contributed by atoms with van der Waals surface area (Å²) < 4.78 is 32.0. The van der Waals surface area contributed by atoms with E-state index in [0.717, 1.165) is 6.07 Å². The fourth-order valence-corrected chi connectivity index (χ4v) is 1.86. The van der Waals surface area contributed by atoms with Crippen LogP contribution in [0.5, 0.6) is 5.75 Å². The van der Waals surface area contributed by atoms with Gasteiger partial charge < -0.3 is 9.84 Å². The third-order valence-electron chi connectivity index (χ3n) is 2.36. The Bertz CT molecular complexity index is 449. The molecule has 94 valence electrons. The van der Waals surface area contributed by atoms with E-state index >= 15 is 0 Å². The Hall–Kier alpha value is -1.17. The van der Waals surface area contributed by atoms with Gasteiger partial charge in [-0.1, -0.05) is 6.92 Å². The minimum atomic E-state index is -1.08. The Balaban J connectivity index is 3.25. The molecule has 0 aliphatic heterocycles. The molecule has 0 saturated heterocycles. The van der Waals surface area contributed by atoms with E-state index in [2.05, 4.69) is 15.9 Å². The smallest absolute Gasteiger partial charge is 0.306 e. The lowest BCUT2D eigenvalue weighted by Crippen LogP contribution is -2.14. The molecule has 0 bridgehead atoms. The highest BCUT2D eigenvalue weighted by molar-refractivity contribution is 9.10. The number of carboxylic acids is 1. The van der Waals surface area contributed by atoms with Crippen molar-refractivity contribution >= 4 is 21.9 Å². The summed E-state index contributed by atoms with van der Waals surface area (Å²) in [6.07, 6.45) is -0.138. The van der Waals surface area contributed by atoms with Gasteiger partial charge in [0.15, 0.2) is 11.6 Å². The number of carbonyl (C=O) groups is 1. The molecule has 0 spiro atoms. The van der Waals surface area contributed by atoms with E-state index in [4.69, 9.17) is 9.84 Å². The molecule has 0 amide bonds. The zero-order valence-corrected chi connectivity index (χ0v) is 10.8. The summed E-state index contributed by atoms with van der Waals surface area (Å²) in [5.74, 6) is -3.58. The van der Waals surface area contributed by atoms with Gasteiger partial charge in [0.05, 0.1) is 17.5 Å². The van der Waals surface area contributed by atoms with E-state index in [1.54, 1.807) is 0 Å². The predicted octanol–water partition coefficient (Wildman–Crippen LogP) is 3.00. The first-order valence-corrected chi connectivity index (χ1v) is 5.61. The van der Waals surface area contributed by atoms with E-state index in [1.165, 1.54) is 14.0 Å². The minimum Gasteiger partial charge on any atom is -0.493 e. The molecule has 1 unspecified atom stereocenters. The van der Waals surface area contributed by atoms with Crippen molar-refractivity contribution in [3.63, 3.8) is 0 Å². The first kappa shape index (κ1) is 13.9. The normalized spacial score (nSPS) is 12.3. The van der Waals surface area contributed by atoms with E-state index < -0.39 is 23.5 Å². The predicted molar refractivity (Wildman–Crippen MR) is 61.1 cm³/mol. The SMILES string of the molecule is COc1c(F)cc(Br)c(F)c1CC(C)C(=O)O. The molecule has 1 aromatic rings. The summed E-state index contributed by atoms with van der Waals surface area (Å²) in [7, 11) is 1.21. The first-order chi connectivity index (χ1) is 7.88. The fourth-order valence-electron chi connectivity index (χ4n) is 1.42. The molecule has 0 radical (unpaired) electrons. The van der Waals surface area contributed by atoms with Gasteiger partial charge in [-0.25, -0.2) is 8.78 Å². The maximum absolute atomic E-state index is 13.8. The van der Waals surface area contributed by atoms with Gasteiger partial charge in [-0.2, -0.15) is 0 Å². The van der Waals surface area contributed by atoms with Crippen LogP contribution in [0.15, 0.2) is 10.5 Å². The van der Waals surface area contributed by atoms with Crippen LogP contribution in [-0.4, -0.2) is 18.2 Å². The number of hydrogen-bond donors (Lipinski definition) is 1. The number of ether oxygens (including phenoxy) is 1. The molecule has 1 atom stereocenters. The zero-order valence-electron chi connectivity index (χ0n) is 9.26. The molecule has 0 aliphatic rings. The zero-order chi connectivity index (χ0) is 13.2. The number of methoxy groups -OCH3 is 1. The number of carboxylic acid groups (broad SMARTS) is 1. The Morgan fingerprint density at radius 3 is 2.65 bits per heavy atom. The standard InChI is InChI=1S/C11H11BrF2O3/c1-5(11(15)16)3-6-9(14)7(12)4-8(13)10(6)17-2/h4-5H,3H2,1-2H3,(H,15,16). The van der Waals surface area contributed by atoms with Crippen LogP contribution in [0, 0.1) is 17.6 Å². The van der Waals surface area contributed by atoms with E-state index in [9.17, 15) is 13.6 Å². The Morgan fingerprint density at radius 2 is 2.18 bits per heavy atom. The monoisotopic (exact) mass is 308 g/mol. The summed E-state index contributed by atoms with van der Waals surface area (Å²) in [6.45, 7) is 1.42. The van der Waals surface area contributed by atoms with Crippen LogP contribution >= 0.6 is 15.9 Å². The highest BCUT2D eigenvalue weighted by Gasteiger charge is 2.22. The number of benzene rings is 1.